The van der Waals surface area contributed by atoms with Gasteiger partial charge in [-0.05, 0) is 60.9 Å². The summed E-state index contributed by atoms with van der Waals surface area (Å²) in [6.07, 6.45) is 1.63. The van der Waals surface area contributed by atoms with Crippen molar-refractivity contribution in [3.05, 3.63) is 81.8 Å². The molecule has 2 aliphatic heterocycles. The third kappa shape index (κ3) is 3.61. The highest BCUT2D eigenvalue weighted by atomic mass is 16.7. The molecule has 1 atom stereocenters. The molecule has 4 rings (SSSR count). The minimum atomic E-state index is -1.95. The second-order valence-electron chi connectivity index (χ2n) is 7.45. The average Bonchev–Trinajstić information content (AvgIpc) is 3.37. The Morgan fingerprint density at radius 3 is 2.42 bits per heavy atom. The van der Waals surface area contributed by atoms with Gasteiger partial charge < -0.3 is 28.8 Å². The molecule has 0 fully saturated rings. The van der Waals surface area contributed by atoms with E-state index >= 15 is 0 Å². The Balaban J connectivity index is 1.85. The van der Waals surface area contributed by atoms with E-state index in [9.17, 15) is 9.90 Å². The molecule has 7 nitrogen and oxygen atoms in total. The molecular weight excluding hydrogens is 400 g/mol. The van der Waals surface area contributed by atoms with Crippen molar-refractivity contribution in [2.75, 3.05) is 21.0 Å². The first-order valence-corrected chi connectivity index (χ1v) is 9.80. The molecule has 2 aromatic carbocycles. The highest BCUT2D eigenvalue weighted by molar-refractivity contribution is 5.97. The quantitative estimate of drug-likeness (QED) is 0.712. The van der Waals surface area contributed by atoms with Gasteiger partial charge in [-0.25, -0.2) is 4.79 Å². The summed E-state index contributed by atoms with van der Waals surface area (Å²) in [5.74, 6) is -0.986. The van der Waals surface area contributed by atoms with Crippen LogP contribution < -0.4 is 9.47 Å². The van der Waals surface area contributed by atoms with Crippen molar-refractivity contribution in [1.29, 1.82) is 0 Å². The lowest BCUT2D eigenvalue weighted by Crippen LogP contribution is -2.29. The molecule has 0 saturated carbocycles. The zero-order valence-corrected chi connectivity index (χ0v) is 17.9. The normalized spacial score (nSPS) is 20.2. The first-order valence-electron chi connectivity index (χ1n) is 9.80. The van der Waals surface area contributed by atoms with Gasteiger partial charge in [-0.1, -0.05) is 6.07 Å². The lowest BCUT2D eigenvalue weighted by Gasteiger charge is -2.26. The Morgan fingerprint density at radius 2 is 1.81 bits per heavy atom. The van der Waals surface area contributed by atoms with Crippen LogP contribution in [0.1, 0.15) is 22.3 Å². The van der Waals surface area contributed by atoms with Gasteiger partial charge in [0.1, 0.15) is 23.3 Å². The zero-order valence-electron chi connectivity index (χ0n) is 17.9. The number of benzene rings is 2. The minimum Gasteiger partial charge on any atom is -0.497 e. The molecule has 1 unspecified atom stereocenters. The molecule has 0 bridgehead atoms. The Labute approximate surface area is 180 Å². The summed E-state index contributed by atoms with van der Waals surface area (Å²) in [6.45, 7) is 3.90. The summed E-state index contributed by atoms with van der Waals surface area (Å²) in [7, 11) is 3.18. The van der Waals surface area contributed by atoms with Gasteiger partial charge in [0.05, 0.1) is 14.2 Å². The highest BCUT2D eigenvalue weighted by Gasteiger charge is 2.49. The van der Waals surface area contributed by atoms with Crippen LogP contribution >= 0.6 is 0 Å². The fourth-order valence-electron chi connectivity index (χ4n) is 3.87. The molecule has 162 valence electrons. The van der Waals surface area contributed by atoms with Crippen LogP contribution in [0.25, 0.3) is 0 Å². The van der Waals surface area contributed by atoms with Crippen LogP contribution in [0.3, 0.4) is 0 Å². The van der Waals surface area contributed by atoms with Crippen LogP contribution in [0.15, 0.2) is 59.6 Å². The van der Waals surface area contributed by atoms with Gasteiger partial charge in [-0.2, -0.15) is 0 Å². The number of rotatable bonds is 6. The van der Waals surface area contributed by atoms with Crippen LogP contribution in [0.4, 0.5) is 0 Å². The van der Waals surface area contributed by atoms with Gasteiger partial charge in [0.25, 0.3) is 5.79 Å². The van der Waals surface area contributed by atoms with Crippen molar-refractivity contribution in [3.8, 4) is 11.5 Å². The topological polar surface area (TPSA) is 83.5 Å². The number of carbonyl (C=O) groups excluding carboxylic acids is 1. The van der Waals surface area contributed by atoms with Crippen LogP contribution in [-0.2, 0) is 31.2 Å². The fourth-order valence-corrected chi connectivity index (χ4v) is 3.87. The number of hydrogen-bond acceptors (Lipinski definition) is 7. The van der Waals surface area contributed by atoms with Crippen LogP contribution in [0.2, 0.25) is 0 Å². The Kier molecular flexibility index (Phi) is 5.37. The molecule has 2 aromatic rings. The van der Waals surface area contributed by atoms with Crippen LogP contribution in [0.5, 0.6) is 11.5 Å². The van der Waals surface area contributed by atoms with E-state index in [0.29, 0.717) is 16.9 Å². The Hall–Kier alpha value is -3.45. The smallest absolute Gasteiger partial charge is 0.345 e. The monoisotopic (exact) mass is 424 g/mol. The van der Waals surface area contributed by atoms with Gasteiger partial charge in [-0.3, -0.25) is 0 Å². The second-order valence-corrected chi connectivity index (χ2v) is 7.45. The van der Waals surface area contributed by atoms with Gasteiger partial charge in [0.2, 0.25) is 6.79 Å². The van der Waals surface area contributed by atoms with Crippen LogP contribution in [0, 0.1) is 13.8 Å². The van der Waals surface area contributed by atoms with Gasteiger partial charge in [-0.15, -0.1) is 0 Å². The van der Waals surface area contributed by atoms with Crippen molar-refractivity contribution < 1.29 is 33.6 Å². The van der Waals surface area contributed by atoms with Crippen molar-refractivity contribution in [2.24, 2.45) is 0 Å². The molecular formula is C24H24O7. The number of esters is 1. The average molecular weight is 424 g/mol. The fraction of sp³-hybridized carbons (Fsp3) is 0.292. The van der Waals surface area contributed by atoms with E-state index in [1.807, 2.05) is 26.0 Å². The van der Waals surface area contributed by atoms with Gasteiger partial charge >= 0.3 is 5.97 Å². The number of carbonyl (C=O) groups is 1. The molecule has 0 aromatic heterocycles. The third-order valence-corrected chi connectivity index (χ3v) is 5.58. The standard InChI is InChI=1S/C24H24O7/c1-14-10-20(28-4)15(2)9-16(14)11-19-22(21-12-29-13-30-21)23(25)31-24(19,26)17-5-7-18(27-3)8-6-17/h5-10,12,26H,11,13H2,1-4H3. The van der Waals surface area contributed by atoms with E-state index in [1.54, 1.807) is 38.5 Å². The Morgan fingerprint density at radius 1 is 1.06 bits per heavy atom. The van der Waals surface area contributed by atoms with Gasteiger partial charge in [0.15, 0.2) is 5.76 Å². The van der Waals surface area contributed by atoms with E-state index in [-0.39, 0.29) is 24.5 Å². The largest absolute Gasteiger partial charge is 0.497 e. The minimum absolute atomic E-state index is 0.00102. The zero-order chi connectivity index (χ0) is 22.2. The molecule has 1 N–H and O–H groups in total. The van der Waals surface area contributed by atoms with Crippen LogP contribution in [-0.4, -0.2) is 32.1 Å². The highest BCUT2D eigenvalue weighted by Crippen LogP contribution is 2.44. The van der Waals surface area contributed by atoms with Gasteiger partial charge in [0, 0.05) is 17.6 Å². The molecule has 0 saturated heterocycles. The molecule has 7 heteroatoms. The van der Waals surface area contributed by atoms with E-state index in [4.69, 9.17) is 23.7 Å². The molecule has 2 aliphatic rings. The summed E-state index contributed by atoms with van der Waals surface area (Å²) in [6, 6.07) is 10.7. The molecule has 0 radical (unpaired) electrons. The van der Waals surface area contributed by atoms with E-state index in [1.165, 1.54) is 6.26 Å². The number of methoxy groups -OCH3 is 2. The summed E-state index contributed by atoms with van der Waals surface area (Å²) in [4.78, 5) is 12.9. The summed E-state index contributed by atoms with van der Waals surface area (Å²) < 4.78 is 26.8. The first kappa shape index (κ1) is 20.8. The molecule has 31 heavy (non-hydrogen) atoms. The molecule has 0 amide bonds. The summed E-state index contributed by atoms with van der Waals surface area (Å²) in [5, 5.41) is 11.6. The number of cyclic esters (lactones) is 1. The predicted octanol–water partition coefficient (Wildman–Crippen LogP) is 3.41. The van der Waals surface area contributed by atoms with Crippen molar-refractivity contribution >= 4 is 5.97 Å². The number of aryl methyl sites for hydroxylation is 2. The maximum atomic E-state index is 12.9. The molecule has 2 heterocycles. The number of aliphatic hydroxyl groups is 1. The summed E-state index contributed by atoms with van der Waals surface area (Å²) >= 11 is 0. The SMILES string of the molecule is COc1ccc(C2(O)OC(=O)C(C3=COCO3)=C2Cc2cc(C)c(OC)cc2C)cc1. The van der Waals surface area contributed by atoms with E-state index < -0.39 is 11.8 Å². The number of hydrogen-bond donors (Lipinski definition) is 1. The lowest BCUT2D eigenvalue weighted by molar-refractivity contribution is -0.186. The maximum absolute atomic E-state index is 12.9. The second kappa shape index (κ2) is 8.00. The lowest BCUT2D eigenvalue weighted by atomic mass is 9.88. The van der Waals surface area contributed by atoms with Crippen molar-refractivity contribution in [3.63, 3.8) is 0 Å². The maximum Gasteiger partial charge on any atom is 0.345 e. The first-order chi connectivity index (χ1) is 14.9. The Bertz CT molecular complexity index is 1080. The van der Waals surface area contributed by atoms with E-state index in [0.717, 1.165) is 22.4 Å². The number of ether oxygens (including phenoxy) is 5. The van der Waals surface area contributed by atoms with Crippen molar-refractivity contribution in [2.45, 2.75) is 26.1 Å². The van der Waals surface area contributed by atoms with Crippen molar-refractivity contribution in [1.82, 2.24) is 0 Å². The molecule has 0 aliphatic carbocycles. The predicted molar refractivity (Wildman–Crippen MR) is 111 cm³/mol. The third-order valence-electron chi connectivity index (χ3n) is 5.58. The van der Waals surface area contributed by atoms with E-state index in [2.05, 4.69) is 0 Å². The molecule has 0 spiro atoms. The summed E-state index contributed by atoms with van der Waals surface area (Å²) in [5.41, 5.74) is 3.80.